The molecule has 0 aromatic carbocycles. The molecule has 0 aliphatic carbocycles. The highest BCUT2D eigenvalue weighted by Crippen LogP contribution is 2.18. The van der Waals surface area contributed by atoms with Crippen molar-refractivity contribution in [2.45, 2.75) is 6.10 Å². The first-order valence-electron chi connectivity index (χ1n) is 7.72. The molecular weight excluding hydrogens is 427 g/mol. The molecule has 1 unspecified atom stereocenters. The molecule has 2 saturated heterocycles. The van der Waals surface area contributed by atoms with Crippen LogP contribution in [-0.2, 0) is 4.74 Å². The summed E-state index contributed by atoms with van der Waals surface area (Å²) in [4.78, 5) is 15.6. The first kappa shape index (κ1) is 18.7. The van der Waals surface area contributed by atoms with Gasteiger partial charge in [0.2, 0.25) is 0 Å². The summed E-state index contributed by atoms with van der Waals surface area (Å²) in [5, 5.41) is 3.10. The Hall–Kier alpha value is -0.650. The Morgan fingerprint density at radius 3 is 2.83 bits per heavy atom. The molecule has 2 aliphatic heterocycles. The number of guanidine groups is 1. The van der Waals surface area contributed by atoms with E-state index in [2.05, 4.69) is 31.7 Å². The summed E-state index contributed by atoms with van der Waals surface area (Å²) < 4.78 is 5.71. The lowest BCUT2D eigenvalue weighted by molar-refractivity contribution is -0.0137. The van der Waals surface area contributed by atoms with Gasteiger partial charge in [0.15, 0.2) is 11.1 Å². The maximum Gasteiger partial charge on any atom is 0.191 e. The maximum absolute atomic E-state index is 6.14. The van der Waals surface area contributed by atoms with Crippen molar-refractivity contribution in [1.29, 1.82) is 0 Å². The Bertz CT molecular complexity index is 491. The van der Waals surface area contributed by atoms with Gasteiger partial charge in [0.25, 0.3) is 0 Å². The van der Waals surface area contributed by atoms with Crippen LogP contribution in [0, 0.1) is 0 Å². The van der Waals surface area contributed by atoms with Crippen molar-refractivity contribution in [2.24, 2.45) is 10.7 Å². The third-order valence-corrected chi connectivity index (χ3v) is 4.92. The third kappa shape index (κ3) is 5.16. The maximum atomic E-state index is 6.14. The quantitative estimate of drug-likeness (QED) is 0.410. The van der Waals surface area contributed by atoms with Crippen LogP contribution in [-0.4, -0.2) is 86.3 Å². The van der Waals surface area contributed by atoms with Gasteiger partial charge < -0.3 is 25.2 Å². The minimum atomic E-state index is 0. The van der Waals surface area contributed by atoms with E-state index in [0.29, 0.717) is 12.5 Å². The fourth-order valence-corrected chi connectivity index (χ4v) is 3.47. The van der Waals surface area contributed by atoms with Gasteiger partial charge in [-0.3, -0.25) is 4.99 Å². The van der Waals surface area contributed by atoms with Crippen molar-refractivity contribution >= 4 is 46.4 Å². The van der Waals surface area contributed by atoms with Crippen LogP contribution in [0.3, 0.4) is 0 Å². The molecule has 3 heterocycles. The lowest BCUT2D eigenvalue weighted by Gasteiger charge is -2.35. The molecular formula is C14H25IN6OS. The summed E-state index contributed by atoms with van der Waals surface area (Å²) in [7, 11) is 2.11. The number of morpholine rings is 1. The van der Waals surface area contributed by atoms with Crippen molar-refractivity contribution in [3.05, 3.63) is 11.6 Å². The smallest absolute Gasteiger partial charge is 0.191 e. The molecule has 2 aliphatic rings. The van der Waals surface area contributed by atoms with E-state index in [4.69, 9.17) is 10.5 Å². The zero-order valence-electron chi connectivity index (χ0n) is 13.4. The van der Waals surface area contributed by atoms with Crippen molar-refractivity contribution in [2.75, 3.05) is 64.4 Å². The van der Waals surface area contributed by atoms with Crippen LogP contribution in [0.25, 0.3) is 0 Å². The van der Waals surface area contributed by atoms with Crippen LogP contribution >= 0.6 is 35.3 Å². The summed E-state index contributed by atoms with van der Waals surface area (Å²) >= 11 is 1.68. The average molecular weight is 452 g/mol. The Balaban J connectivity index is 0.00000192. The van der Waals surface area contributed by atoms with Crippen LogP contribution < -0.4 is 10.6 Å². The number of thiazole rings is 1. The largest absolute Gasteiger partial charge is 0.374 e. The van der Waals surface area contributed by atoms with Crippen molar-refractivity contribution < 1.29 is 4.74 Å². The fourth-order valence-electron chi connectivity index (χ4n) is 2.77. The summed E-state index contributed by atoms with van der Waals surface area (Å²) in [6, 6.07) is 0. The second-order valence-corrected chi connectivity index (χ2v) is 6.62. The zero-order chi connectivity index (χ0) is 15.4. The molecule has 0 amide bonds. The summed E-state index contributed by atoms with van der Waals surface area (Å²) in [5.74, 6) is 0.635. The molecule has 1 aromatic heterocycles. The van der Waals surface area contributed by atoms with Crippen LogP contribution in [0.1, 0.15) is 0 Å². The first-order valence-corrected chi connectivity index (χ1v) is 8.60. The first-order chi connectivity index (χ1) is 10.7. The predicted molar refractivity (Wildman–Crippen MR) is 105 cm³/mol. The lowest BCUT2D eigenvalue weighted by atomic mass is 10.3. The number of nitrogens with two attached hydrogens (primary N) is 1. The fraction of sp³-hybridized carbons (Fsp3) is 0.714. The number of aromatic nitrogens is 1. The molecule has 3 rings (SSSR count). The van der Waals surface area contributed by atoms with Gasteiger partial charge in [-0.1, -0.05) is 0 Å². The Morgan fingerprint density at radius 2 is 2.17 bits per heavy atom. The monoisotopic (exact) mass is 452 g/mol. The average Bonchev–Trinajstić information content (AvgIpc) is 3.07. The number of likely N-dealkylation sites (N-methyl/N-ethyl adjacent to an activating group) is 1. The predicted octanol–water partition coefficient (Wildman–Crippen LogP) is 0.528. The Labute approximate surface area is 158 Å². The molecule has 0 radical (unpaired) electrons. The molecule has 2 N–H and O–H groups in total. The second kappa shape index (κ2) is 9.00. The highest BCUT2D eigenvalue weighted by molar-refractivity contribution is 14.0. The van der Waals surface area contributed by atoms with E-state index in [1.54, 1.807) is 11.3 Å². The van der Waals surface area contributed by atoms with Gasteiger partial charge in [-0.15, -0.1) is 35.3 Å². The van der Waals surface area contributed by atoms with E-state index in [1.807, 2.05) is 11.6 Å². The molecule has 0 spiro atoms. The number of rotatable bonds is 3. The van der Waals surface area contributed by atoms with E-state index in [0.717, 1.165) is 51.0 Å². The van der Waals surface area contributed by atoms with Crippen molar-refractivity contribution in [3.8, 4) is 0 Å². The van der Waals surface area contributed by atoms with E-state index in [-0.39, 0.29) is 30.1 Å². The normalized spacial score (nSPS) is 23.7. The molecule has 1 aromatic rings. The molecule has 9 heteroatoms. The molecule has 2 fully saturated rings. The van der Waals surface area contributed by atoms with E-state index >= 15 is 0 Å². The standard InChI is InChI=1S/C14H24N6OS.HI/c1-18-7-8-21-12(11-18)10-17-13(15)19-3-5-20(6-4-19)14-16-2-9-22-14;/h2,9,12H,3-8,10-11H2,1H3,(H2,15,17);1H. The number of aliphatic imine (C=N–C) groups is 1. The van der Waals surface area contributed by atoms with E-state index < -0.39 is 0 Å². The Kier molecular flexibility index (Phi) is 7.31. The number of hydrogen-bond acceptors (Lipinski definition) is 6. The molecule has 23 heavy (non-hydrogen) atoms. The van der Waals surface area contributed by atoms with Gasteiger partial charge >= 0.3 is 0 Å². The van der Waals surface area contributed by atoms with Crippen LogP contribution in [0.5, 0.6) is 0 Å². The van der Waals surface area contributed by atoms with Crippen LogP contribution in [0.15, 0.2) is 16.6 Å². The minimum Gasteiger partial charge on any atom is -0.374 e. The SMILES string of the molecule is CN1CCOC(CN=C(N)N2CCN(c3nccs3)CC2)C1.I. The highest BCUT2D eigenvalue weighted by atomic mass is 127. The second-order valence-electron chi connectivity index (χ2n) is 5.74. The van der Waals surface area contributed by atoms with Crippen molar-refractivity contribution in [1.82, 2.24) is 14.8 Å². The highest BCUT2D eigenvalue weighted by Gasteiger charge is 2.21. The van der Waals surface area contributed by atoms with Gasteiger partial charge in [0.05, 0.1) is 19.3 Å². The van der Waals surface area contributed by atoms with E-state index in [1.165, 1.54) is 0 Å². The number of ether oxygens (including phenoxy) is 1. The van der Waals surface area contributed by atoms with Crippen LogP contribution in [0.4, 0.5) is 5.13 Å². The number of anilines is 1. The zero-order valence-corrected chi connectivity index (χ0v) is 16.6. The molecule has 7 nitrogen and oxygen atoms in total. The number of halogens is 1. The van der Waals surface area contributed by atoms with Gasteiger partial charge in [-0.05, 0) is 7.05 Å². The molecule has 0 saturated carbocycles. The molecule has 0 bridgehead atoms. The van der Waals surface area contributed by atoms with E-state index in [9.17, 15) is 0 Å². The summed E-state index contributed by atoms with van der Waals surface area (Å²) in [6.07, 6.45) is 2.01. The number of piperazine rings is 1. The minimum absolute atomic E-state index is 0. The van der Waals surface area contributed by atoms with Crippen molar-refractivity contribution in [3.63, 3.8) is 0 Å². The van der Waals surface area contributed by atoms with Crippen LogP contribution in [0.2, 0.25) is 0 Å². The summed E-state index contributed by atoms with van der Waals surface area (Å²) in [6.45, 7) is 6.99. The van der Waals surface area contributed by atoms with Gasteiger partial charge in [-0.2, -0.15) is 0 Å². The third-order valence-electron chi connectivity index (χ3n) is 4.09. The van der Waals surface area contributed by atoms with Gasteiger partial charge in [-0.25, -0.2) is 4.98 Å². The lowest BCUT2D eigenvalue weighted by Crippen LogP contribution is -2.51. The summed E-state index contributed by atoms with van der Waals surface area (Å²) in [5.41, 5.74) is 6.14. The van der Waals surface area contributed by atoms with Gasteiger partial charge in [0.1, 0.15) is 0 Å². The topological polar surface area (TPSA) is 70.2 Å². The Morgan fingerprint density at radius 1 is 1.39 bits per heavy atom. The molecule has 1 atom stereocenters. The number of hydrogen-bond donors (Lipinski definition) is 1. The molecule has 130 valence electrons. The van der Waals surface area contributed by atoms with Gasteiger partial charge in [0, 0.05) is 50.8 Å². The number of nitrogens with zero attached hydrogens (tertiary/aromatic N) is 5.